The Bertz CT molecular complexity index is 865. The van der Waals surface area contributed by atoms with Crippen LogP contribution < -0.4 is 9.50 Å². The topological polar surface area (TPSA) is 85.4 Å². The van der Waals surface area contributed by atoms with Crippen molar-refractivity contribution >= 4 is 27.4 Å². The normalized spacial score (nSPS) is 13.5. The summed E-state index contributed by atoms with van der Waals surface area (Å²) in [6.07, 6.45) is 0.882. The van der Waals surface area contributed by atoms with Gasteiger partial charge < -0.3 is 9.50 Å². The third-order valence-corrected chi connectivity index (χ3v) is 5.26. The summed E-state index contributed by atoms with van der Waals surface area (Å²) in [5.74, 6) is -0.536. The Kier molecular flexibility index (Phi) is 5.91. The quantitative estimate of drug-likeness (QED) is 0.584. The van der Waals surface area contributed by atoms with Crippen LogP contribution in [0, 0.1) is 5.92 Å². The van der Waals surface area contributed by atoms with E-state index in [0.717, 1.165) is 6.20 Å². The van der Waals surface area contributed by atoms with E-state index in [1.807, 2.05) is 0 Å². The molecule has 1 amide bonds. The van der Waals surface area contributed by atoms with E-state index in [2.05, 4.69) is 14.5 Å². The molecule has 0 spiro atoms. The number of nitrogens with zero attached hydrogens (tertiary/aromatic N) is 1. The maximum absolute atomic E-state index is 12.4. The predicted molar refractivity (Wildman–Crippen MR) is 89.2 cm³/mol. The highest BCUT2D eigenvalue weighted by Crippen LogP contribution is 2.34. The molecule has 0 saturated carbocycles. The number of hydrogen-bond acceptors (Lipinski definition) is 6. The minimum absolute atomic E-state index is 0.152. The zero-order chi connectivity index (χ0) is 19.5. The minimum atomic E-state index is -5.77. The van der Waals surface area contributed by atoms with Gasteiger partial charge in [-0.25, -0.2) is 4.98 Å². The first kappa shape index (κ1) is 20.2. The van der Waals surface area contributed by atoms with Crippen molar-refractivity contribution in [3.05, 3.63) is 47.1 Å². The van der Waals surface area contributed by atoms with Gasteiger partial charge >= 0.3 is 15.6 Å². The number of carbonyl (C=O) groups is 1. The average molecular weight is 408 g/mol. The van der Waals surface area contributed by atoms with E-state index < -0.39 is 26.7 Å². The van der Waals surface area contributed by atoms with Gasteiger partial charge in [-0.1, -0.05) is 43.4 Å². The molecule has 0 aliphatic heterocycles. The molecule has 1 heterocycles. The van der Waals surface area contributed by atoms with Crippen molar-refractivity contribution in [1.82, 2.24) is 10.3 Å². The summed E-state index contributed by atoms with van der Waals surface area (Å²) in [4.78, 5) is 16.2. The number of thiazole rings is 1. The molecular formula is C15H15F3N2O4S2. The molecule has 0 saturated heterocycles. The van der Waals surface area contributed by atoms with Crippen LogP contribution in [0.3, 0.4) is 0 Å². The second kappa shape index (κ2) is 7.62. The fourth-order valence-electron chi connectivity index (χ4n) is 1.94. The first-order valence-electron chi connectivity index (χ1n) is 7.33. The molecule has 1 atom stereocenters. The van der Waals surface area contributed by atoms with E-state index in [0.29, 0.717) is 16.9 Å². The molecule has 11 heteroatoms. The van der Waals surface area contributed by atoms with Crippen LogP contribution in [0.5, 0.6) is 5.06 Å². The molecule has 0 radical (unpaired) electrons. The van der Waals surface area contributed by atoms with Gasteiger partial charge in [-0.3, -0.25) is 4.79 Å². The second-order valence-corrected chi connectivity index (χ2v) is 8.12. The van der Waals surface area contributed by atoms with Crippen molar-refractivity contribution < 1.29 is 30.6 Å². The van der Waals surface area contributed by atoms with Gasteiger partial charge in [0.15, 0.2) is 0 Å². The number of amides is 1. The number of benzene rings is 1. The lowest BCUT2D eigenvalue weighted by atomic mass is 10.0. The Balaban J connectivity index is 2.19. The first-order valence-corrected chi connectivity index (χ1v) is 9.56. The Hall–Kier alpha value is -2.14. The summed E-state index contributed by atoms with van der Waals surface area (Å²) in [6.45, 7) is 3.56. The molecule has 1 N–H and O–H groups in total. The fourth-order valence-corrected chi connectivity index (χ4v) is 3.57. The van der Waals surface area contributed by atoms with Crippen LogP contribution >= 0.6 is 11.3 Å². The molecule has 2 aromatic rings. The Morgan fingerprint density at radius 1 is 1.23 bits per heavy atom. The van der Waals surface area contributed by atoms with Gasteiger partial charge in [0.25, 0.3) is 5.91 Å². The standard InChI is InChI=1S/C15H15F3N2O4S2/c1-9(2)12(20-13(21)10-6-4-3-5-7-10)14-19-8-11(25-14)24-26(22,23)15(16,17)18/h3-9,12H,1-2H3,(H,20,21). The van der Waals surface area contributed by atoms with Crippen molar-refractivity contribution in [3.8, 4) is 5.06 Å². The molecule has 0 aliphatic carbocycles. The van der Waals surface area contributed by atoms with E-state index in [4.69, 9.17) is 0 Å². The molecule has 26 heavy (non-hydrogen) atoms. The van der Waals surface area contributed by atoms with Crippen molar-refractivity contribution in [2.45, 2.75) is 25.4 Å². The monoisotopic (exact) mass is 408 g/mol. The molecular weight excluding hydrogens is 393 g/mol. The number of halogens is 3. The maximum atomic E-state index is 12.4. The molecule has 0 aliphatic rings. The Morgan fingerprint density at radius 2 is 1.85 bits per heavy atom. The lowest BCUT2D eigenvalue weighted by Crippen LogP contribution is -2.31. The molecule has 0 fully saturated rings. The number of alkyl halides is 3. The Morgan fingerprint density at radius 3 is 2.38 bits per heavy atom. The van der Waals surface area contributed by atoms with Crippen molar-refractivity contribution in [1.29, 1.82) is 0 Å². The molecule has 0 bridgehead atoms. The van der Waals surface area contributed by atoms with Gasteiger partial charge in [0.05, 0.1) is 12.2 Å². The summed E-state index contributed by atoms with van der Waals surface area (Å²) in [6, 6.07) is 7.73. The second-order valence-electron chi connectivity index (χ2n) is 5.56. The van der Waals surface area contributed by atoms with Crippen LogP contribution in [0.2, 0.25) is 0 Å². The highest BCUT2D eigenvalue weighted by Gasteiger charge is 2.49. The van der Waals surface area contributed by atoms with E-state index in [9.17, 15) is 26.4 Å². The van der Waals surface area contributed by atoms with Crippen molar-refractivity contribution in [2.75, 3.05) is 0 Å². The average Bonchev–Trinajstić information content (AvgIpc) is 2.99. The zero-order valence-corrected chi connectivity index (χ0v) is 15.3. The van der Waals surface area contributed by atoms with Crippen LogP contribution in [0.1, 0.15) is 35.3 Å². The molecule has 6 nitrogen and oxygen atoms in total. The first-order chi connectivity index (χ1) is 12.0. The molecule has 2 rings (SSSR count). The van der Waals surface area contributed by atoms with Gasteiger partial charge in [-0.05, 0) is 18.1 Å². The maximum Gasteiger partial charge on any atom is 0.534 e. The summed E-state index contributed by atoms with van der Waals surface area (Å²) in [5.41, 5.74) is -5.12. The zero-order valence-electron chi connectivity index (χ0n) is 13.6. The van der Waals surface area contributed by atoms with E-state index in [-0.39, 0.29) is 16.8 Å². The minimum Gasteiger partial charge on any atom is -0.363 e. The Labute approximate surface area is 152 Å². The van der Waals surface area contributed by atoms with Crippen molar-refractivity contribution in [3.63, 3.8) is 0 Å². The lowest BCUT2D eigenvalue weighted by Gasteiger charge is -2.20. The molecule has 1 unspecified atom stereocenters. The molecule has 1 aromatic heterocycles. The highest BCUT2D eigenvalue weighted by atomic mass is 32.2. The van der Waals surface area contributed by atoms with Crippen LogP contribution in [-0.4, -0.2) is 24.8 Å². The largest absolute Gasteiger partial charge is 0.534 e. The van der Waals surface area contributed by atoms with Crippen molar-refractivity contribution in [2.24, 2.45) is 5.92 Å². The van der Waals surface area contributed by atoms with E-state index in [1.165, 1.54) is 0 Å². The number of rotatable bonds is 6. The smallest absolute Gasteiger partial charge is 0.363 e. The highest BCUT2D eigenvalue weighted by molar-refractivity contribution is 7.88. The predicted octanol–water partition coefficient (Wildman–Crippen LogP) is 3.50. The summed E-state index contributed by atoms with van der Waals surface area (Å²) in [7, 11) is -5.77. The van der Waals surface area contributed by atoms with Crippen LogP contribution in [-0.2, 0) is 10.1 Å². The molecule has 1 aromatic carbocycles. The van der Waals surface area contributed by atoms with E-state index in [1.54, 1.807) is 44.2 Å². The fraction of sp³-hybridized carbons (Fsp3) is 0.333. The summed E-state index contributed by atoms with van der Waals surface area (Å²) >= 11 is 0.622. The third-order valence-electron chi connectivity index (χ3n) is 3.23. The van der Waals surface area contributed by atoms with Crippen LogP contribution in [0.25, 0.3) is 0 Å². The lowest BCUT2D eigenvalue weighted by molar-refractivity contribution is -0.0499. The van der Waals surface area contributed by atoms with Gasteiger partial charge in [0.1, 0.15) is 5.01 Å². The molecule has 142 valence electrons. The number of carbonyl (C=O) groups excluding carboxylic acids is 1. The number of nitrogens with one attached hydrogen (secondary N) is 1. The SMILES string of the molecule is CC(C)C(NC(=O)c1ccccc1)c1ncc(OS(=O)(=O)C(F)(F)F)s1. The van der Waals surface area contributed by atoms with Gasteiger partial charge in [0, 0.05) is 5.56 Å². The van der Waals surface area contributed by atoms with Gasteiger partial charge in [0.2, 0.25) is 5.06 Å². The number of hydrogen-bond donors (Lipinski definition) is 1. The van der Waals surface area contributed by atoms with Gasteiger partial charge in [-0.15, -0.1) is 0 Å². The van der Waals surface area contributed by atoms with Crippen LogP contribution in [0.15, 0.2) is 36.5 Å². The van der Waals surface area contributed by atoms with Gasteiger partial charge in [-0.2, -0.15) is 21.6 Å². The number of aromatic nitrogens is 1. The van der Waals surface area contributed by atoms with Crippen LogP contribution in [0.4, 0.5) is 13.2 Å². The summed E-state index contributed by atoms with van der Waals surface area (Å²) < 4.78 is 63.3. The van der Waals surface area contributed by atoms with E-state index >= 15 is 0 Å². The summed E-state index contributed by atoms with van der Waals surface area (Å²) in [5, 5.41) is 2.44. The third kappa shape index (κ3) is 4.73.